The van der Waals surface area contributed by atoms with Crippen LogP contribution in [0.3, 0.4) is 0 Å². The van der Waals surface area contributed by atoms with E-state index in [2.05, 4.69) is 68.2 Å². The quantitative estimate of drug-likeness (QED) is 0.770. The molecule has 0 aliphatic heterocycles. The standard InChI is InChI=1S/C12H13Br2N3/c1-3-9(13)11-7-17(16-15-11)12-5-4-8(2)6-10(12)14/h4-7,9H,3H2,1-2H3. The second-order valence-electron chi connectivity index (χ2n) is 3.92. The number of aromatic nitrogens is 3. The summed E-state index contributed by atoms with van der Waals surface area (Å²) in [6.45, 7) is 4.17. The van der Waals surface area contributed by atoms with Crippen molar-refractivity contribution in [2.45, 2.75) is 25.1 Å². The zero-order valence-electron chi connectivity index (χ0n) is 9.69. The summed E-state index contributed by atoms with van der Waals surface area (Å²) >= 11 is 7.12. The Bertz CT molecular complexity index is 522. The minimum absolute atomic E-state index is 0.264. The molecular weight excluding hydrogens is 346 g/mol. The van der Waals surface area contributed by atoms with Crippen LogP contribution in [0.5, 0.6) is 0 Å². The van der Waals surface area contributed by atoms with E-state index in [-0.39, 0.29) is 4.83 Å². The number of alkyl halides is 1. The fourth-order valence-electron chi connectivity index (χ4n) is 1.54. The Hall–Kier alpha value is -0.680. The number of aryl methyl sites for hydroxylation is 1. The van der Waals surface area contributed by atoms with Gasteiger partial charge < -0.3 is 0 Å². The normalized spacial score (nSPS) is 12.7. The Kier molecular flexibility index (Phi) is 3.99. The largest absolute Gasteiger partial charge is 0.219 e. The third kappa shape index (κ3) is 2.77. The first-order chi connectivity index (χ1) is 8.11. The van der Waals surface area contributed by atoms with Crippen LogP contribution < -0.4 is 0 Å². The van der Waals surface area contributed by atoms with Crippen molar-refractivity contribution in [2.24, 2.45) is 0 Å². The van der Waals surface area contributed by atoms with Crippen LogP contribution in [-0.2, 0) is 0 Å². The zero-order chi connectivity index (χ0) is 12.4. The Morgan fingerprint density at radius 1 is 1.41 bits per heavy atom. The van der Waals surface area contributed by atoms with Gasteiger partial charge in [0.05, 0.1) is 22.4 Å². The fraction of sp³-hybridized carbons (Fsp3) is 0.333. The van der Waals surface area contributed by atoms with Crippen molar-refractivity contribution in [2.75, 3.05) is 0 Å². The molecule has 0 fully saturated rings. The van der Waals surface area contributed by atoms with Crippen LogP contribution in [0.15, 0.2) is 28.9 Å². The van der Waals surface area contributed by atoms with Gasteiger partial charge >= 0.3 is 0 Å². The molecule has 0 aliphatic carbocycles. The fourth-order valence-corrected chi connectivity index (χ4v) is 2.43. The van der Waals surface area contributed by atoms with Crippen LogP contribution in [0.2, 0.25) is 0 Å². The van der Waals surface area contributed by atoms with Crippen LogP contribution in [0.4, 0.5) is 0 Å². The van der Waals surface area contributed by atoms with E-state index in [4.69, 9.17) is 0 Å². The average molecular weight is 359 g/mol. The Labute approximate surface area is 117 Å². The van der Waals surface area contributed by atoms with Gasteiger partial charge in [0.15, 0.2) is 0 Å². The molecule has 0 saturated heterocycles. The highest BCUT2D eigenvalue weighted by atomic mass is 79.9. The van der Waals surface area contributed by atoms with Gasteiger partial charge in [0.1, 0.15) is 0 Å². The number of nitrogens with zero attached hydrogens (tertiary/aromatic N) is 3. The van der Waals surface area contributed by atoms with E-state index in [1.165, 1.54) is 5.56 Å². The van der Waals surface area contributed by atoms with E-state index in [1.807, 2.05) is 12.3 Å². The molecule has 0 saturated carbocycles. The Balaban J connectivity index is 2.37. The number of hydrogen-bond acceptors (Lipinski definition) is 2. The molecule has 0 radical (unpaired) electrons. The van der Waals surface area contributed by atoms with Crippen molar-refractivity contribution >= 4 is 31.9 Å². The number of halogens is 2. The van der Waals surface area contributed by atoms with E-state index in [0.29, 0.717) is 0 Å². The summed E-state index contributed by atoms with van der Waals surface area (Å²) in [7, 11) is 0. The molecule has 0 amide bonds. The van der Waals surface area contributed by atoms with Gasteiger partial charge in [-0.1, -0.05) is 34.1 Å². The lowest BCUT2D eigenvalue weighted by Crippen LogP contribution is -1.96. The van der Waals surface area contributed by atoms with Gasteiger partial charge in [-0.15, -0.1) is 5.10 Å². The molecule has 0 bridgehead atoms. The molecule has 1 unspecified atom stereocenters. The summed E-state index contributed by atoms with van der Waals surface area (Å²) < 4.78 is 2.82. The maximum Gasteiger partial charge on any atom is 0.0967 e. The zero-order valence-corrected chi connectivity index (χ0v) is 12.9. The molecule has 0 aliphatic rings. The second-order valence-corrected chi connectivity index (χ2v) is 5.88. The maximum absolute atomic E-state index is 4.17. The summed E-state index contributed by atoms with van der Waals surface area (Å²) in [6.07, 6.45) is 2.95. The lowest BCUT2D eigenvalue weighted by molar-refractivity contribution is 0.788. The monoisotopic (exact) mass is 357 g/mol. The van der Waals surface area contributed by atoms with Gasteiger partial charge in [-0.25, -0.2) is 4.68 Å². The molecule has 2 aromatic rings. The van der Waals surface area contributed by atoms with Gasteiger partial charge in [-0.2, -0.15) is 0 Å². The first-order valence-corrected chi connectivity index (χ1v) is 7.15. The van der Waals surface area contributed by atoms with Gasteiger partial charge in [-0.3, -0.25) is 0 Å². The van der Waals surface area contributed by atoms with E-state index in [0.717, 1.165) is 22.3 Å². The summed E-state index contributed by atoms with van der Waals surface area (Å²) in [5, 5.41) is 8.32. The topological polar surface area (TPSA) is 30.7 Å². The average Bonchev–Trinajstić information content (AvgIpc) is 2.77. The van der Waals surface area contributed by atoms with Crippen molar-refractivity contribution < 1.29 is 0 Å². The van der Waals surface area contributed by atoms with Gasteiger partial charge in [0, 0.05) is 4.47 Å². The second kappa shape index (κ2) is 5.31. The minimum Gasteiger partial charge on any atom is -0.219 e. The van der Waals surface area contributed by atoms with E-state index >= 15 is 0 Å². The van der Waals surface area contributed by atoms with Gasteiger partial charge in [0.25, 0.3) is 0 Å². The van der Waals surface area contributed by atoms with Crippen LogP contribution >= 0.6 is 31.9 Å². The first kappa shape index (κ1) is 12.8. The molecule has 0 N–H and O–H groups in total. The molecule has 5 heteroatoms. The Morgan fingerprint density at radius 2 is 2.18 bits per heavy atom. The summed E-state index contributed by atoms with van der Waals surface area (Å²) in [6, 6.07) is 6.17. The SMILES string of the molecule is CCC(Br)c1cn(-c2ccc(C)cc2Br)nn1. The van der Waals surface area contributed by atoms with Crippen molar-refractivity contribution in [3.63, 3.8) is 0 Å². The molecule has 3 nitrogen and oxygen atoms in total. The summed E-state index contributed by atoms with van der Waals surface area (Å²) in [5.74, 6) is 0. The summed E-state index contributed by atoms with van der Waals surface area (Å²) in [5.41, 5.74) is 3.18. The maximum atomic E-state index is 4.17. The lowest BCUT2D eigenvalue weighted by Gasteiger charge is -2.04. The molecule has 1 atom stereocenters. The first-order valence-electron chi connectivity index (χ1n) is 5.44. The van der Waals surface area contributed by atoms with E-state index < -0.39 is 0 Å². The smallest absolute Gasteiger partial charge is 0.0967 e. The van der Waals surface area contributed by atoms with E-state index in [9.17, 15) is 0 Å². The molecule has 0 spiro atoms. The third-order valence-corrected chi connectivity index (χ3v) is 4.29. The molecule has 1 aromatic heterocycles. The van der Waals surface area contributed by atoms with Crippen LogP contribution in [0.25, 0.3) is 5.69 Å². The number of hydrogen-bond donors (Lipinski definition) is 0. The van der Waals surface area contributed by atoms with Crippen molar-refractivity contribution in [1.29, 1.82) is 0 Å². The Morgan fingerprint density at radius 3 is 2.82 bits per heavy atom. The van der Waals surface area contributed by atoms with Gasteiger partial charge in [-0.05, 0) is 47.0 Å². The summed E-state index contributed by atoms with van der Waals surface area (Å²) in [4.78, 5) is 0.264. The third-order valence-electron chi connectivity index (χ3n) is 2.54. The molecule has 1 heterocycles. The predicted molar refractivity (Wildman–Crippen MR) is 75.8 cm³/mol. The van der Waals surface area contributed by atoms with E-state index in [1.54, 1.807) is 4.68 Å². The molecule has 2 rings (SSSR count). The molecule has 90 valence electrons. The minimum atomic E-state index is 0.264. The highest BCUT2D eigenvalue weighted by Gasteiger charge is 2.11. The number of benzene rings is 1. The van der Waals surface area contributed by atoms with Gasteiger partial charge in [0.2, 0.25) is 0 Å². The van der Waals surface area contributed by atoms with Crippen LogP contribution in [-0.4, -0.2) is 15.0 Å². The molecular formula is C12H13Br2N3. The molecule has 1 aromatic carbocycles. The van der Waals surface area contributed by atoms with Crippen molar-refractivity contribution in [1.82, 2.24) is 15.0 Å². The predicted octanol–water partition coefficient (Wildman–Crippen LogP) is 4.18. The highest BCUT2D eigenvalue weighted by molar-refractivity contribution is 9.10. The van der Waals surface area contributed by atoms with Crippen LogP contribution in [0, 0.1) is 6.92 Å². The van der Waals surface area contributed by atoms with Crippen molar-refractivity contribution in [3.05, 3.63) is 40.1 Å². The highest BCUT2D eigenvalue weighted by Crippen LogP contribution is 2.26. The number of rotatable bonds is 3. The van der Waals surface area contributed by atoms with Crippen molar-refractivity contribution in [3.8, 4) is 5.69 Å². The lowest BCUT2D eigenvalue weighted by atomic mass is 10.2. The molecule has 17 heavy (non-hydrogen) atoms. The van der Waals surface area contributed by atoms with Crippen LogP contribution in [0.1, 0.15) is 29.4 Å².